The zero-order valence-corrected chi connectivity index (χ0v) is 13.8. The molecule has 0 radical (unpaired) electrons. The summed E-state index contributed by atoms with van der Waals surface area (Å²) in [6.07, 6.45) is 6.90. The number of carbonyl (C=O) groups excluding carboxylic acids is 1. The molecule has 0 bridgehead atoms. The second kappa shape index (κ2) is 8.44. The van der Waals surface area contributed by atoms with Gasteiger partial charge in [0, 0.05) is 42.9 Å². The van der Waals surface area contributed by atoms with Crippen molar-refractivity contribution in [3.8, 4) is 0 Å². The Morgan fingerprint density at radius 1 is 1.36 bits per heavy atom. The monoisotopic (exact) mass is 315 g/mol. The van der Waals surface area contributed by atoms with Gasteiger partial charge in [0.25, 0.3) is 0 Å². The summed E-state index contributed by atoms with van der Waals surface area (Å²) in [5.41, 5.74) is 1.85. The van der Waals surface area contributed by atoms with Crippen LogP contribution >= 0.6 is 11.3 Å². The number of carbonyl (C=O) groups is 1. The molecule has 4 nitrogen and oxygen atoms in total. The van der Waals surface area contributed by atoms with Crippen LogP contribution in [0.1, 0.15) is 29.7 Å². The Kier molecular flexibility index (Phi) is 6.27. The zero-order chi connectivity index (χ0) is 15.8. The molecule has 1 amide bonds. The van der Waals surface area contributed by atoms with Gasteiger partial charge in [0.15, 0.2) is 0 Å². The third-order valence-electron chi connectivity index (χ3n) is 3.20. The molecule has 0 spiro atoms. The second-order valence-electron chi connectivity index (χ2n) is 5.02. The number of thiazole rings is 1. The number of amides is 1. The lowest BCUT2D eigenvalue weighted by atomic mass is 10.2. The number of rotatable bonds is 7. The summed E-state index contributed by atoms with van der Waals surface area (Å²) >= 11 is 1.59. The van der Waals surface area contributed by atoms with Crippen molar-refractivity contribution < 1.29 is 4.79 Å². The summed E-state index contributed by atoms with van der Waals surface area (Å²) in [7, 11) is 0. The highest BCUT2D eigenvalue weighted by molar-refractivity contribution is 7.09. The number of pyridine rings is 1. The first-order valence-electron chi connectivity index (χ1n) is 7.48. The summed E-state index contributed by atoms with van der Waals surface area (Å²) in [4.78, 5) is 22.8. The molecule has 0 atom stereocenters. The van der Waals surface area contributed by atoms with E-state index in [9.17, 15) is 4.79 Å². The van der Waals surface area contributed by atoms with Gasteiger partial charge < -0.3 is 4.90 Å². The molecule has 0 aliphatic heterocycles. The minimum absolute atomic E-state index is 0.0310. The van der Waals surface area contributed by atoms with Gasteiger partial charge >= 0.3 is 0 Å². The molecule has 0 unspecified atom stereocenters. The van der Waals surface area contributed by atoms with E-state index in [0.717, 1.165) is 35.8 Å². The molecule has 2 aromatic rings. The lowest BCUT2D eigenvalue weighted by Crippen LogP contribution is -2.32. The van der Waals surface area contributed by atoms with Crippen LogP contribution in [0.5, 0.6) is 0 Å². The van der Waals surface area contributed by atoms with Crippen LogP contribution in [0.25, 0.3) is 6.08 Å². The van der Waals surface area contributed by atoms with Crippen molar-refractivity contribution in [1.82, 2.24) is 14.9 Å². The normalized spacial score (nSPS) is 11.0. The quantitative estimate of drug-likeness (QED) is 0.736. The van der Waals surface area contributed by atoms with E-state index in [2.05, 4.69) is 16.9 Å². The van der Waals surface area contributed by atoms with Gasteiger partial charge in [-0.15, -0.1) is 11.3 Å². The largest absolute Gasteiger partial charge is 0.339 e. The van der Waals surface area contributed by atoms with Gasteiger partial charge in [0.1, 0.15) is 0 Å². The number of aryl methyl sites for hydroxylation is 1. The van der Waals surface area contributed by atoms with E-state index >= 15 is 0 Å². The van der Waals surface area contributed by atoms with Gasteiger partial charge in [0.2, 0.25) is 5.91 Å². The van der Waals surface area contributed by atoms with Crippen LogP contribution in [0.3, 0.4) is 0 Å². The SMILES string of the molecule is CCCN(CCc1ccccn1)C(=O)C=Cc1csc(C)n1. The molecule has 0 saturated carbocycles. The van der Waals surface area contributed by atoms with Crippen molar-refractivity contribution in [3.63, 3.8) is 0 Å². The first-order chi connectivity index (χ1) is 10.7. The maximum Gasteiger partial charge on any atom is 0.246 e. The molecule has 0 aliphatic rings. The van der Waals surface area contributed by atoms with E-state index in [1.54, 1.807) is 29.7 Å². The Morgan fingerprint density at radius 3 is 2.86 bits per heavy atom. The predicted octanol–water partition coefficient (Wildman–Crippen LogP) is 3.34. The van der Waals surface area contributed by atoms with Crippen LogP contribution in [0.4, 0.5) is 0 Å². The van der Waals surface area contributed by atoms with E-state index in [1.807, 2.05) is 35.4 Å². The number of nitrogens with zero attached hydrogens (tertiary/aromatic N) is 3. The third-order valence-corrected chi connectivity index (χ3v) is 3.99. The number of hydrogen-bond acceptors (Lipinski definition) is 4. The molecule has 2 heterocycles. The fourth-order valence-corrected chi connectivity index (χ4v) is 2.70. The fraction of sp³-hybridized carbons (Fsp3) is 0.353. The molecular weight excluding hydrogens is 294 g/mol. The van der Waals surface area contributed by atoms with Crippen molar-refractivity contribution in [3.05, 3.63) is 52.2 Å². The first kappa shape index (κ1) is 16.4. The van der Waals surface area contributed by atoms with Crippen molar-refractivity contribution >= 4 is 23.3 Å². The van der Waals surface area contributed by atoms with Crippen molar-refractivity contribution in [2.75, 3.05) is 13.1 Å². The molecule has 0 saturated heterocycles. The highest BCUT2D eigenvalue weighted by Crippen LogP contribution is 2.09. The van der Waals surface area contributed by atoms with Gasteiger partial charge in [0.05, 0.1) is 10.7 Å². The van der Waals surface area contributed by atoms with Crippen LogP contribution in [-0.2, 0) is 11.2 Å². The highest BCUT2D eigenvalue weighted by Gasteiger charge is 2.10. The standard InChI is InChI=1S/C17H21N3OS/c1-3-11-20(12-9-15-6-4-5-10-18-15)17(21)8-7-16-13-22-14(2)19-16/h4-8,10,13H,3,9,11-12H2,1-2H3. The molecule has 2 rings (SSSR count). The van der Waals surface area contributed by atoms with Crippen LogP contribution in [0, 0.1) is 6.92 Å². The van der Waals surface area contributed by atoms with Crippen molar-refractivity contribution in [2.45, 2.75) is 26.7 Å². The molecule has 0 aromatic carbocycles. The van der Waals surface area contributed by atoms with E-state index in [-0.39, 0.29) is 5.91 Å². The first-order valence-corrected chi connectivity index (χ1v) is 8.36. The summed E-state index contributed by atoms with van der Waals surface area (Å²) in [5, 5.41) is 2.96. The van der Waals surface area contributed by atoms with Gasteiger partial charge in [-0.05, 0) is 31.6 Å². The Morgan fingerprint density at radius 2 is 2.23 bits per heavy atom. The topological polar surface area (TPSA) is 46.1 Å². The average molecular weight is 315 g/mol. The van der Waals surface area contributed by atoms with E-state index < -0.39 is 0 Å². The number of hydrogen-bond donors (Lipinski definition) is 0. The lowest BCUT2D eigenvalue weighted by Gasteiger charge is -2.20. The zero-order valence-electron chi connectivity index (χ0n) is 13.0. The number of aromatic nitrogens is 2. The summed E-state index contributed by atoms with van der Waals surface area (Å²) in [6.45, 7) is 5.48. The van der Waals surface area contributed by atoms with E-state index in [1.165, 1.54) is 0 Å². The van der Waals surface area contributed by atoms with Gasteiger partial charge in [-0.25, -0.2) is 4.98 Å². The molecule has 0 fully saturated rings. The minimum atomic E-state index is 0.0310. The second-order valence-corrected chi connectivity index (χ2v) is 6.08. The predicted molar refractivity (Wildman–Crippen MR) is 90.7 cm³/mol. The Bertz CT molecular complexity index is 622. The maximum atomic E-state index is 12.3. The van der Waals surface area contributed by atoms with Gasteiger partial charge in [-0.1, -0.05) is 13.0 Å². The molecule has 116 valence electrons. The summed E-state index contributed by atoms with van der Waals surface area (Å²) in [5.74, 6) is 0.0310. The maximum absolute atomic E-state index is 12.3. The highest BCUT2D eigenvalue weighted by atomic mass is 32.1. The molecule has 0 N–H and O–H groups in total. The lowest BCUT2D eigenvalue weighted by molar-refractivity contribution is -0.126. The van der Waals surface area contributed by atoms with Crippen molar-refractivity contribution in [1.29, 1.82) is 0 Å². The van der Waals surface area contributed by atoms with Gasteiger partial charge in [-0.2, -0.15) is 0 Å². The van der Waals surface area contributed by atoms with Gasteiger partial charge in [-0.3, -0.25) is 9.78 Å². The molecular formula is C17H21N3OS. The van der Waals surface area contributed by atoms with Crippen LogP contribution < -0.4 is 0 Å². The van der Waals surface area contributed by atoms with Crippen molar-refractivity contribution in [2.24, 2.45) is 0 Å². The molecule has 5 heteroatoms. The third kappa shape index (κ3) is 5.07. The molecule has 22 heavy (non-hydrogen) atoms. The van der Waals surface area contributed by atoms with E-state index in [0.29, 0.717) is 6.54 Å². The van der Waals surface area contributed by atoms with E-state index in [4.69, 9.17) is 0 Å². The Labute approximate surface area is 135 Å². The smallest absolute Gasteiger partial charge is 0.246 e. The molecule has 0 aliphatic carbocycles. The molecule has 2 aromatic heterocycles. The minimum Gasteiger partial charge on any atom is -0.339 e. The summed E-state index contributed by atoms with van der Waals surface area (Å²) in [6, 6.07) is 5.86. The Balaban J connectivity index is 1.94. The fourth-order valence-electron chi connectivity index (χ4n) is 2.12. The Hall–Kier alpha value is -2.01. The van der Waals surface area contributed by atoms with Crippen LogP contribution in [0.15, 0.2) is 35.9 Å². The van der Waals surface area contributed by atoms with Crippen LogP contribution in [0.2, 0.25) is 0 Å². The van der Waals surface area contributed by atoms with Crippen LogP contribution in [-0.4, -0.2) is 33.9 Å². The average Bonchev–Trinajstić information content (AvgIpc) is 2.95. The summed E-state index contributed by atoms with van der Waals surface area (Å²) < 4.78 is 0.